The first-order valence-electron chi connectivity index (χ1n) is 12.8. The lowest BCUT2D eigenvalue weighted by molar-refractivity contribution is -0.189. The smallest absolute Gasteiger partial charge is 0.303 e. The molecule has 1 fully saturated rings. The van der Waals surface area contributed by atoms with Crippen molar-refractivity contribution in [2.24, 2.45) is 0 Å². The first kappa shape index (κ1) is 31.0. The fraction of sp³-hybridized carbons (Fsp3) is 0.367. The van der Waals surface area contributed by atoms with E-state index in [0.717, 1.165) is 16.7 Å². The molecule has 0 saturated carbocycles. The van der Waals surface area contributed by atoms with E-state index < -0.39 is 38.5 Å². The first-order valence-corrected chi connectivity index (χ1v) is 14.1. The second kappa shape index (κ2) is 16.5. The fourth-order valence-electron chi connectivity index (χ4n) is 4.16. The highest BCUT2D eigenvalue weighted by atomic mass is 31.2. The molecule has 3 aromatic carbocycles. The van der Waals surface area contributed by atoms with Gasteiger partial charge in [-0.15, -0.1) is 0 Å². The molecule has 1 aliphatic heterocycles. The Bertz CT molecular complexity index is 1090. The number of benzene rings is 3. The van der Waals surface area contributed by atoms with Crippen LogP contribution in [0.1, 0.15) is 30.5 Å². The van der Waals surface area contributed by atoms with Crippen molar-refractivity contribution in [2.45, 2.75) is 57.8 Å². The minimum absolute atomic E-state index is 0. The number of carbonyl (C=O) groups excluding carboxylic acids is 1. The van der Waals surface area contributed by atoms with Crippen molar-refractivity contribution in [3.63, 3.8) is 0 Å². The molecule has 5 atom stereocenters. The Kier molecular flexibility index (Phi) is 13.1. The average molecular weight is 549 g/mol. The van der Waals surface area contributed by atoms with Gasteiger partial charge in [-0.2, -0.15) is 0 Å². The molecule has 1 heterocycles. The van der Waals surface area contributed by atoms with Gasteiger partial charge in [-0.1, -0.05) is 91.0 Å². The number of esters is 1. The Hall–Kier alpha value is -2.58. The molecule has 4 rings (SSSR count). The van der Waals surface area contributed by atoms with E-state index in [1.54, 1.807) is 0 Å². The van der Waals surface area contributed by atoms with Crippen LogP contribution in [0.2, 0.25) is 0 Å². The van der Waals surface area contributed by atoms with Gasteiger partial charge < -0.3 is 28.0 Å². The molecule has 0 amide bonds. The van der Waals surface area contributed by atoms with E-state index in [4.69, 9.17) is 28.0 Å². The van der Waals surface area contributed by atoms with Crippen LogP contribution in [0.3, 0.4) is 0 Å². The third kappa shape index (κ3) is 9.54. The number of rotatable bonds is 13. The summed E-state index contributed by atoms with van der Waals surface area (Å²) >= 11 is 0. The molecule has 1 saturated heterocycles. The molecule has 0 N–H and O–H groups in total. The summed E-state index contributed by atoms with van der Waals surface area (Å²) < 4.78 is 37.1. The third-order valence-corrected chi connectivity index (χ3v) is 7.73. The van der Waals surface area contributed by atoms with Crippen LogP contribution in [0, 0.1) is 0 Å². The Morgan fingerprint density at radius 3 is 1.74 bits per heavy atom. The van der Waals surface area contributed by atoms with Gasteiger partial charge in [0.25, 0.3) is 0 Å². The standard InChI is InChI=1S/C30H35O7P.B/c1-3-35-38-30(36-23(2)31)29(34-21-26-17-11-6-12-18-26)28(33-20-25-15-9-5-10-16-25)27(37-38)22-32-19-24-13-7-4-8-14-24;/h4-18,27-30H,3,19-22H2,1-2H3;/t27-,28-,29+,30-,38-;/m1./s1. The number of hydrogen-bond donors (Lipinski definition) is 0. The number of carbonyl (C=O) groups is 1. The Morgan fingerprint density at radius 2 is 1.26 bits per heavy atom. The lowest BCUT2D eigenvalue weighted by atomic mass is 10.1. The van der Waals surface area contributed by atoms with Crippen LogP contribution >= 0.6 is 8.38 Å². The number of hydrogen-bond acceptors (Lipinski definition) is 7. The molecule has 0 aliphatic carbocycles. The maximum atomic E-state index is 12.1. The Balaban J connectivity index is 0.00000420. The van der Waals surface area contributed by atoms with E-state index in [1.165, 1.54) is 6.92 Å². The molecule has 205 valence electrons. The summed E-state index contributed by atoms with van der Waals surface area (Å²) in [5.41, 5.74) is 3.08. The zero-order chi connectivity index (χ0) is 26.6. The van der Waals surface area contributed by atoms with Gasteiger partial charge in [-0.25, -0.2) is 0 Å². The van der Waals surface area contributed by atoms with E-state index in [2.05, 4.69) is 0 Å². The van der Waals surface area contributed by atoms with E-state index >= 15 is 0 Å². The molecule has 0 bridgehead atoms. The molecule has 0 unspecified atom stereocenters. The fourth-order valence-corrected chi connectivity index (χ4v) is 5.92. The van der Waals surface area contributed by atoms with E-state index in [9.17, 15) is 4.79 Å². The Morgan fingerprint density at radius 1 is 0.769 bits per heavy atom. The SMILES string of the molecule is CCO[P@]1O[C@H](COCc2ccccc2)[C@@H](OCc2ccccc2)[C@H](OCc2ccccc2)[C@@H]1OC(C)=O.[B]. The highest BCUT2D eigenvalue weighted by molar-refractivity contribution is 7.48. The van der Waals surface area contributed by atoms with Crippen molar-refractivity contribution in [2.75, 3.05) is 13.2 Å². The van der Waals surface area contributed by atoms with Crippen LogP contribution in [0.4, 0.5) is 0 Å². The van der Waals surface area contributed by atoms with Gasteiger partial charge in [0.05, 0.1) is 33.0 Å². The maximum absolute atomic E-state index is 12.1. The van der Waals surface area contributed by atoms with Gasteiger partial charge >= 0.3 is 5.97 Å². The highest BCUT2D eigenvalue weighted by Gasteiger charge is 2.51. The van der Waals surface area contributed by atoms with Gasteiger partial charge in [0, 0.05) is 15.3 Å². The Labute approximate surface area is 234 Å². The zero-order valence-electron chi connectivity index (χ0n) is 22.4. The second-order valence-corrected chi connectivity index (χ2v) is 10.4. The molecule has 0 aromatic heterocycles. The van der Waals surface area contributed by atoms with Crippen LogP contribution in [-0.2, 0) is 52.6 Å². The molecule has 3 aromatic rings. The molecule has 1 aliphatic rings. The summed E-state index contributed by atoms with van der Waals surface area (Å²) in [5, 5.41) is 0. The minimum Gasteiger partial charge on any atom is -0.450 e. The van der Waals surface area contributed by atoms with Crippen LogP contribution in [0.15, 0.2) is 91.0 Å². The molecule has 9 heteroatoms. The monoisotopic (exact) mass is 549 g/mol. The quantitative estimate of drug-likeness (QED) is 0.156. The zero-order valence-corrected chi connectivity index (χ0v) is 23.3. The molecular formula is C30H35BO7P. The van der Waals surface area contributed by atoms with Crippen molar-refractivity contribution in [3.05, 3.63) is 108 Å². The first-order chi connectivity index (χ1) is 18.6. The molecule has 0 spiro atoms. The lowest BCUT2D eigenvalue weighted by Crippen LogP contribution is -2.54. The van der Waals surface area contributed by atoms with Crippen LogP contribution in [0.5, 0.6) is 0 Å². The van der Waals surface area contributed by atoms with Crippen LogP contribution in [0.25, 0.3) is 0 Å². The molecular weight excluding hydrogens is 514 g/mol. The van der Waals surface area contributed by atoms with Crippen molar-refractivity contribution in [3.8, 4) is 0 Å². The summed E-state index contributed by atoms with van der Waals surface area (Å²) in [5.74, 6) is -1.18. The van der Waals surface area contributed by atoms with Crippen molar-refractivity contribution < 1.29 is 32.8 Å². The summed E-state index contributed by atoms with van der Waals surface area (Å²) in [6, 6.07) is 29.7. The third-order valence-electron chi connectivity index (χ3n) is 5.93. The molecule has 39 heavy (non-hydrogen) atoms. The van der Waals surface area contributed by atoms with Gasteiger partial charge in [0.2, 0.25) is 8.38 Å². The summed E-state index contributed by atoms with van der Waals surface area (Å²) in [6.07, 6.45) is -1.69. The van der Waals surface area contributed by atoms with Crippen LogP contribution in [-0.4, -0.2) is 51.8 Å². The van der Waals surface area contributed by atoms with E-state index in [0.29, 0.717) is 26.4 Å². The topological polar surface area (TPSA) is 72.5 Å². The van der Waals surface area contributed by atoms with Gasteiger partial charge in [0.15, 0.2) is 5.85 Å². The van der Waals surface area contributed by atoms with Gasteiger partial charge in [-0.3, -0.25) is 4.79 Å². The predicted molar refractivity (Wildman–Crippen MR) is 151 cm³/mol. The van der Waals surface area contributed by atoms with Crippen molar-refractivity contribution >= 4 is 22.8 Å². The normalized spacial score (nSPS) is 22.6. The van der Waals surface area contributed by atoms with E-state index in [-0.39, 0.29) is 15.0 Å². The average Bonchev–Trinajstić information content (AvgIpc) is 2.94. The number of ether oxygens (including phenoxy) is 4. The summed E-state index contributed by atoms with van der Waals surface area (Å²) in [6.45, 7) is 5.02. The predicted octanol–water partition coefficient (Wildman–Crippen LogP) is 5.63. The lowest BCUT2D eigenvalue weighted by Gasteiger charge is -2.44. The van der Waals surface area contributed by atoms with Crippen molar-refractivity contribution in [1.29, 1.82) is 0 Å². The second-order valence-electron chi connectivity index (χ2n) is 8.87. The van der Waals surface area contributed by atoms with Gasteiger partial charge in [0.1, 0.15) is 18.3 Å². The maximum Gasteiger partial charge on any atom is 0.303 e. The highest BCUT2D eigenvalue weighted by Crippen LogP contribution is 2.53. The summed E-state index contributed by atoms with van der Waals surface area (Å²) in [7, 11) is -1.62. The summed E-state index contributed by atoms with van der Waals surface area (Å²) in [4.78, 5) is 12.1. The minimum atomic E-state index is -1.62. The largest absolute Gasteiger partial charge is 0.450 e. The van der Waals surface area contributed by atoms with E-state index in [1.807, 2.05) is 97.9 Å². The molecule has 3 radical (unpaired) electrons. The van der Waals surface area contributed by atoms with Crippen molar-refractivity contribution in [1.82, 2.24) is 0 Å². The van der Waals surface area contributed by atoms with Crippen LogP contribution < -0.4 is 0 Å². The van der Waals surface area contributed by atoms with Gasteiger partial charge in [-0.05, 0) is 23.6 Å². The molecule has 7 nitrogen and oxygen atoms in total.